The van der Waals surface area contributed by atoms with Gasteiger partial charge in [-0.25, -0.2) is 9.48 Å². The van der Waals surface area contributed by atoms with Crippen molar-refractivity contribution in [2.45, 2.75) is 32.4 Å². The number of aldehydes is 1. The molecule has 0 bridgehead atoms. The third-order valence-corrected chi connectivity index (χ3v) is 5.73. The number of rotatable bonds is 7. The SMILES string of the molecule is COC(=O)c1cc(Br)cc2nn(COCC[Si](C)(C)C)c(C=O)c12. The second-order valence-corrected chi connectivity index (χ2v) is 13.2. The second-order valence-electron chi connectivity index (χ2n) is 6.69. The van der Waals surface area contributed by atoms with E-state index in [1.54, 1.807) is 12.1 Å². The quantitative estimate of drug-likeness (QED) is 0.300. The average molecular weight is 413 g/mol. The van der Waals surface area contributed by atoms with Crippen molar-refractivity contribution >= 4 is 47.2 Å². The summed E-state index contributed by atoms with van der Waals surface area (Å²) in [7, 11) is 0.128. The van der Waals surface area contributed by atoms with Gasteiger partial charge >= 0.3 is 5.97 Å². The number of hydrogen-bond acceptors (Lipinski definition) is 5. The van der Waals surface area contributed by atoms with Gasteiger partial charge in [0.05, 0.1) is 18.2 Å². The van der Waals surface area contributed by atoms with Gasteiger partial charge in [0, 0.05) is 24.5 Å². The number of methoxy groups -OCH3 is 1. The lowest BCUT2D eigenvalue weighted by molar-refractivity contribution is 0.0602. The summed E-state index contributed by atoms with van der Waals surface area (Å²) >= 11 is 3.35. The molecule has 0 atom stereocenters. The molecule has 130 valence electrons. The third-order valence-electron chi connectivity index (χ3n) is 3.57. The molecule has 8 heteroatoms. The summed E-state index contributed by atoms with van der Waals surface area (Å²) in [4.78, 5) is 23.6. The van der Waals surface area contributed by atoms with Crippen LogP contribution in [0.1, 0.15) is 20.8 Å². The van der Waals surface area contributed by atoms with Crippen molar-refractivity contribution in [3.05, 3.63) is 27.9 Å². The normalized spacial score (nSPS) is 11.7. The maximum Gasteiger partial charge on any atom is 0.338 e. The molecule has 6 nitrogen and oxygen atoms in total. The van der Waals surface area contributed by atoms with Crippen LogP contribution >= 0.6 is 15.9 Å². The average Bonchev–Trinajstić information content (AvgIpc) is 2.86. The Morgan fingerprint density at radius 2 is 2.08 bits per heavy atom. The molecule has 1 aromatic carbocycles. The minimum atomic E-state index is -1.18. The van der Waals surface area contributed by atoms with E-state index >= 15 is 0 Å². The fourth-order valence-electron chi connectivity index (χ4n) is 2.27. The van der Waals surface area contributed by atoms with Gasteiger partial charge in [0.1, 0.15) is 12.4 Å². The topological polar surface area (TPSA) is 70.4 Å². The number of carbonyl (C=O) groups is 2. The van der Waals surface area contributed by atoms with E-state index in [-0.39, 0.29) is 6.73 Å². The Morgan fingerprint density at radius 3 is 2.67 bits per heavy atom. The van der Waals surface area contributed by atoms with E-state index in [1.807, 2.05) is 0 Å². The van der Waals surface area contributed by atoms with Crippen LogP contribution < -0.4 is 0 Å². The number of nitrogens with zero attached hydrogens (tertiary/aromatic N) is 2. The fourth-order valence-corrected chi connectivity index (χ4v) is 3.47. The monoisotopic (exact) mass is 412 g/mol. The molecule has 1 heterocycles. The van der Waals surface area contributed by atoms with E-state index in [9.17, 15) is 9.59 Å². The van der Waals surface area contributed by atoms with Gasteiger partial charge in [-0.1, -0.05) is 35.6 Å². The maximum atomic E-state index is 12.0. The molecule has 0 aliphatic rings. The van der Waals surface area contributed by atoms with Gasteiger partial charge in [-0.2, -0.15) is 5.10 Å². The molecule has 0 radical (unpaired) electrons. The van der Waals surface area contributed by atoms with Crippen molar-refractivity contribution in [1.29, 1.82) is 0 Å². The number of hydrogen-bond donors (Lipinski definition) is 0. The van der Waals surface area contributed by atoms with Crippen LogP contribution in [0.25, 0.3) is 10.9 Å². The molecular weight excluding hydrogens is 392 g/mol. The summed E-state index contributed by atoms with van der Waals surface area (Å²) in [5, 5.41) is 4.87. The zero-order chi connectivity index (χ0) is 17.9. The Balaban J connectivity index is 2.35. The molecule has 0 saturated carbocycles. The lowest BCUT2D eigenvalue weighted by Gasteiger charge is -2.15. The summed E-state index contributed by atoms with van der Waals surface area (Å²) in [5.41, 5.74) is 1.16. The Kier molecular flexibility index (Phi) is 5.95. The first kappa shape index (κ1) is 18.8. The molecule has 0 saturated heterocycles. The Labute approximate surface area is 150 Å². The zero-order valence-corrected chi connectivity index (χ0v) is 16.8. The van der Waals surface area contributed by atoms with Crippen LogP contribution in [0.5, 0.6) is 0 Å². The third kappa shape index (κ3) is 4.31. The molecule has 2 aromatic rings. The van der Waals surface area contributed by atoms with Crippen molar-refractivity contribution in [2.75, 3.05) is 13.7 Å². The summed E-state index contributed by atoms with van der Waals surface area (Å²) in [5.74, 6) is -0.511. The largest absolute Gasteiger partial charge is 0.465 e. The van der Waals surface area contributed by atoms with Crippen molar-refractivity contribution in [1.82, 2.24) is 9.78 Å². The first-order valence-corrected chi connectivity index (χ1v) is 12.1. The first-order chi connectivity index (χ1) is 11.3. The smallest absolute Gasteiger partial charge is 0.338 e. The molecular formula is C16H21BrN2O4Si. The summed E-state index contributed by atoms with van der Waals surface area (Å²) in [6, 6.07) is 4.41. The van der Waals surface area contributed by atoms with Gasteiger partial charge in [-0.15, -0.1) is 0 Å². The van der Waals surface area contributed by atoms with Crippen molar-refractivity contribution in [3.8, 4) is 0 Å². The number of benzene rings is 1. The van der Waals surface area contributed by atoms with Crippen LogP contribution in [-0.4, -0.2) is 43.8 Å². The molecule has 0 aliphatic carbocycles. The molecule has 2 rings (SSSR count). The van der Waals surface area contributed by atoms with E-state index < -0.39 is 14.0 Å². The van der Waals surface area contributed by atoms with E-state index in [2.05, 4.69) is 40.7 Å². The summed E-state index contributed by atoms with van der Waals surface area (Å²) in [6.07, 6.45) is 0.692. The predicted molar refractivity (Wildman–Crippen MR) is 98.3 cm³/mol. The molecule has 0 unspecified atom stereocenters. The highest BCUT2D eigenvalue weighted by Crippen LogP contribution is 2.27. The van der Waals surface area contributed by atoms with E-state index in [0.717, 1.165) is 6.04 Å². The molecule has 0 N–H and O–H groups in total. The fraction of sp³-hybridized carbons (Fsp3) is 0.438. The number of carbonyl (C=O) groups excluding carboxylic acids is 2. The number of halogens is 1. The predicted octanol–water partition coefficient (Wildman–Crippen LogP) is 3.71. The van der Waals surface area contributed by atoms with Crippen molar-refractivity contribution < 1.29 is 19.1 Å². The van der Waals surface area contributed by atoms with E-state index in [4.69, 9.17) is 9.47 Å². The van der Waals surface area contributed by atoms with E-state index in [0.29, 0.717) is 39.5 Å². The Morgan fingerprint density at radius 1 is 1.38 bits per heavy atom. The molecule has 0 fully saturated rings. The van der Waals surface area contributed by atoms with E-state index in [1.165, 1.54) is 11.8 Å². The Bertz CT molecular complexity index is 768. The molecule has 0 aliphatic heterocycles. The summed E-state index contributed by atoms with van der Waals surface area (Å²) in [6.45, 7) is 7.62. The number of fused-ring (bicyclic) bond motifs is 1. The molecule has 1 aromatic heterocycles. The van der Waals surface area contributed by atoms with Gasteiger partial charge in [0.2, 0.25) is 0 Å². The molecule has 0 spiro atoms. The van der Waals surface area contributed by atoms with Crippen molar-refractivity contribution in [2.24, 2.45) is 0 Å². The highest BCUT2D eigenvalue weighted by molar-refractivity contribution is 9.10. The van der Waals surface area contributed by atoms with Crippen LogP contribution in [0.2, 0.25) is 25.7 Å². The van der Waals surface area contributed by atoms with Gasteiger partial charge in [-0.3, -0.25) is 4.79 Å². The second kappa shape index (κ2) is 7.58. The molecule has 24 heavy (non-hydrogen) atoms. The highest BCUT2D eigenvalue weighted by Gasteiger charge is 2.20. The number of esters is 1. The van der Waals surface area contributed by atoms with Gasteiger partial charge in [0.25, 0.3) is 0 Å². The minimum Gasteiger partial charge on any atom is -0.465 e. The lowest BCUT2D eigenvalue weighted by atomic mass is 10.1. The summed E-state index contributed by atoms with van der Waals surface area (Å²) < 4.78 is 12.7. The number of ether oxygens (including phenoxy) is 2. The lowest BCUT2D eigenvalue weighted by Crippen LogP contribution is -2.22. The highest BCUT2D eigenvalue weighted by atomic mass is 79.9. The van der Waals surface area contributed by atoms with Crippen LogP contribution in [0, 0.1) is 0 Å². The zero-order valence-electron chi connectivity index (χ0n) is 14.3. The van der Waals surface area contributed by atoms with Gasteiger partial charge in [0.15, 0.2) is 6.29 Å². The standard InChI is InChI=1S/C16H21BrN2O4Si/c1-22-16(21)12-7-11(17)8-13-15(12)14(9-20)19(18-13)10-23-5-6-24(2,3)4/h7-9H,5-6,10H2,1-4H3. The minimum absolute atomic E-state index is 0.172. The van der Waals surface area contributed by atoms with Gasteiger partial charge in [-0.05, 0) is 18.2 Å². The first-order valence-electron chi connectivity index (χ1n) is 7.58. The van der Waals surface area contributed by atoms with Crippen LogP contribution in [0.4, 0.5) is 0 Å². The van der Waals surface area contributed by atoms with Crippen LogP contribution in [0.3, 0.4) is 0 Å². The maximum absolute atomic E-state index is 12.0. The van der Waals surface area contributed by atoms with Gasteiger partial charge < -0.3 is 9.47 Å². The van der Waals surface area contributed by atoms with Crippen LogP contribution in [0.15, 0.2) is 16.6 Å². The Hall–Kier alpha value is -1.51. The number of aromatic nitrogens is 2. The van der Waals surface area contributed by atoms with Crippen molar-refractivity contribution in [3.63, 3.8) is 0 Å². The molecule has 0 amide bonds. The van der Waals surface area contributed by atoms with Crippen LogP contribution in [-0.2, 0) is 16.2 Å².